The fraction of sp³-hybridized carbons (Fsp3) is 0.810. The Hall–Kier alpha value is -2.48. The van der Waals surface area contributed by atoms with E-state index in [0.717, 1.165) is 4.90 Å². The van der Waals surface area contributed by atoms with Crippen LogP contribution >= 0.6 is 0 Å². The summed E-state index contributed by atoms with van der Waals surface area (Å²) >= 11 is 0. The Balaban J connectivity index is 1.92. The molecule has 13 heteroatoms. The van der Waals surface area contributed by atoms with Crippen molar-refractivity contribution in [3.8, 4) is 0 Å². The molecular weight excluding hydrogens is 450 g/mol. The van der Waals surface area contributed by atoms with Crippen LogP contribution < -0.4 is 11.5 Å². The fourth-order valence-corrected chi connectivity index (χ4v) is 5.43. The molecule has 3 heterocycles. The predicted octanol–water partition coefficient (Wildman–Crippen LogP) is -2.70. The number of amides is 4. The minimum absolute atomic E-state index is 0.0119. The molecule has 0 aromatic rings. The first-order valence-electron chi connectivity index (χ1n) is 11.2. The Bertz CT molecular complexity index is 879. The Morgan fingerprint density at radius 1 is 1.00 bits per heavy atom. The van der Waals surface area contributed by atoms with Crippen LogP contribution in [0.25, 0.3) is 0 Å². The van der Waals surface area contributed by atoms with Gasteiger partial charge < -0.3 is 41.3 Å². The van der Waals surface area contributed by atoms with Crippen LogP contribution in [0.3, 0.4) is 0 Å². The van der Waals surface area contributed by atoms with Gasteiger partial charge in [-0.3, -0.25) is 19.3 Å². The maximum Gasteiger partial charge on any atom is 0.411 e. The van der Waals surface area contributed by atoms with Gasteiger partial charge in [0.1, 0.15) is 23.4 Å². The molecule has 0 radical (unpaired) electrons. The van der Waals surface area contributed by atoms with Crippen LogP contribution in [0.4, 0.5) is 4.79 Å². The first-order chi connectivity index (χ1) is 15.5. The second-order valence-electron chi connectivity index (χ2n) is 10.7. The van der Waals surface area contributed by atoms with Crippen molar-refractivity contribution in [2.75, 3.05) is 19.6 Å². The van der Waals surface area contributed by atoms with E-state index in [4.69, 9.17) is 16.2 Å². The van der Waals surface area contributed by atoms with Crippen molar-refractivity contribution in [2.45, 2.75) is 82.7 Å². The zero-order chi connectivity index (χ0) is 26.0. The van der Waals surface area contributed by atoms with Gasteiger partial charge in [0.05, 0.1) is 30.2 Å². The van der Waals surface area contributed by atoms with Crippen LogP contribution in [0.15, 0.2) is 0 Å². The van der Waals surface area contributed by atoms with Crippen molar-refractivity contribution in [3.63, 3.8) is 0 Å². The van der Waals surface area contributed by atoms with E-state index >= 15 is 0 Å². The number of primary amides is 1. The Morgan fingerprint density at radius 2 is 1.59 bits per heavy atom. The molecule has 0 aliphatic carbocycles. The molecule has 7 N–H and O–H groups in total. The van der Waals surface area contributed by atoms with Crippen molar-refractivity contribution in [3.05, 3.63) is 0 Å². The van der Waals surface area contributed by atoms with Crippen molar-refractivity contribution < 1.29 is 39.2 Å². The number of hydrogen-bond donors (Lipinski definition) is 5. The van der Waals surface area contributed by atoms with Gasteiger partial charge in [0, 0.05) is 13.1 Å². The lowest BCUT2D eigenvalue weighted by molar-refractivity contribution is -0.177. The smallest absolute Gasteiger partial charge is 0.411 e. The predicted molar refractivity (Wildman–Crippen MR) is 116 cm³/mol. The van der Waals surface area contributed by atoms with Gasteiger partial charge in [-0.15, -0.1) is 0 Å². The lowest BCUT2D eigenvalue weighted by Gasteiger charge is -2.55. The van der Waals surface area contributed by atoms with Crippen molar-refractivity contribution in [1.29, 1.82) is 0 Å². The quantitative estimate of drug-likeness (QED) is 0.196. The summed E-state index contributed by atoms with van der Waals surface area (Å²) in [6.45, 7) is 7.55. The van der Waals surface area contributed by atoms with Crippen molar-refractivity contribution >= 4 is 23.8 Å². The average Bonchev–Trinajstić information content (AvgIpc) is 3.04. The molecule has 34 heavy (non-hydrogen) atoms. The van der Waals surface area contributed by atoms with E-state index < -0.39 is 70.9 Å². The van der Waals surface area contributed by atoms with E-state index in [2.05, 4.69) is 0 Å². The number of aliphatic hydroxyl groups excluding tert-OH is 3. The molecule has 3 aliphatic heterocycles. The molecule has 3 unspecified atom stereocenters. The molecule has 3 aliphatic rings. The van der Waals surface area contributed by atoms with Crippen molar-refractivity contribution in [2.24, 2.45) is 16.9 Å². The number of hydrogen-bond acceptors (Lipinski definition) is 9. The third kappa shape index (κ3) is 4.00. The number of nitrogens with two attached hydrogens (primary N) is 2. The zero-order valence-electron chi connectivity index (χ0n) is 20.1. The molecule has 3 fully saturated rings. The summed E-state index contributed by atoms with van der Waals surface area (Å²) in [5.41, 5.74) is 7.47. The average molecular weight is 486 g/mol. The molecule has 4 amide bonds. The molecule has 0 saturated carbocycles. The Morgan fingerprint density at radius 3 is 1.97 bits per heavy atom. The van der Waals surface area contributed by atoms with Crippen LogP contribution in [-0.2, 0) is 19.1 Å². The molecule has 2 spiro atoms. The fourth-order valence-electron chi connectivity index (χ4n) is 5.43. The van der Waals surface area contributed by atoms with E-state index in [1.165, 1.54) is 23.6 Å². The minimum Gasteiger partial charge on any atom is -0.444 e. The highest BCUT2D eigenvalue weighted by atomic mass is 16.6. The number of ether oxygens (including phenoxy) is 1. The largest absolute Gasteiger partial charge is 0.444 e. The van der Waals surface area contributed by atoms with Gasteiger partial charge in [-0.05, 0) is 41.0 Å². The summed E-state index contributed by atoms with van der Waals surface area (Å²) in [6, 6.07) is -2.33. The summed E-state index contributed by atoms with van der Waals surface area (Å²) in [5.74, 6) is -1.93. The molecule has 7 atom stereocenters. The Kier molecular flexibility index (Phi) is 6.40. The van der Waals surface area contributed by atoms with Gasteiger partial charge in [-0.1, -0.05) is 0 Å². The number of carbonyl (C=O) groups excluding carboxylic acids is 4. The highest BCUT2D eigenvalue weighted by molar-refractivity contribution is 6.01. The number of carbonyl (C=O) groups is 4. The standard InChI is InChI=1S/C21H35N5O8/c1-10(27)12(14(22)29)24-7-20(16(24)31)6-21(26(8-20)18(33)34-19(3,4)5)9-25(17(21)32)13(11(2)28)15(23)30/h10-13,15,27-28,30H,6-9,23H2,1-5H3,(H2,22,29)/t10-,11-,12+,13+,15?,20?,21?/m1/s1. The lowest BCUT2D eigenvalue weighted by atomic mass is 9.70. The molecule has 3 saturated heterocycles. The molecule has 0 bridgehead atoms. The van der Waals surface area contributed by atoms with Gasteiger partial charge >= 0.3 is 6.09 Å². The molecular formula is C21H35N5O8. The van der Waals surface area contributed by atoms with Crippen LogP contribution in [0.2, 0.25) is 0 Å². The Labute approximate surface area is 197 Å². The highest BCUT2D eigenvalue weighted by Crippen LogP contribution is 2.53. The van der Waals surface area contributed by atoms with Crippen LogP contribution in [-0.4, -0.2) is 115 Å². The van der Waals surface area contributed by atoms with E-state index in [1.807, 2.05) is 0 Å². The molecule has 192 valence electrons. The van der Waals surface area contributed by atoms with E-state index in [-0.39, 0.29) is 26.1 Å². The third-order valence-corrected chi connectivity index (χ3v) is 6.79. The normalized spacial score (nSPS) is 31.1. The summed E-state index contributed by atoms with van der Waals surface area (Å²) in [5, 5.41) is 29.9. The van der Waals surface area contributed by atoms with E-state index in [9.17, 15) is 34.5 Å². The second-order valence-corrected chi connectivity index (χ2v) is 10.7. The van der Waals surface area contributed by atoms with Gasteiger partial charge in [0.15, 0.2) is 0 Å². The number of nitrogens with zero attached hydrogens (tertiary/aromatic N) is 3. The minimum atomic E-state index is -1.52. The van der Waals surface area contributed by atoms with E-state index in [1.54, 1.807) is 20.8 Å². The molecule has 0 aromatic carbocycles. The summed E-state index contributed by atoms with van der Waals surface area (Å²) in [4.78, 5) is 55.2. The first kappa shape index (κ1) is 26.1. The molecule has 0 aromatic heterocycles. The summed E-state index contributed by atoms with van der Waals surface area (Å²) in [6.07, 6.45) is -4.69. The number of likely N-dealkylation sites (tertiary alicyclic amines) is 3. The molecule has 3 rings (SSSR count). The second kappa shape index (κ2) is 8.33. The zero-order valence-corrected chi connectivity index (χ0v) is 20.1. The number of aliphatic hydroxyl groups is 3. The van der Waals surface area contributed by atoms with Gasteiger partial charge in [0.25, 0.3) is 5.91 Å². The van der Waals surface area contributed by atoms with Gasteiger partial charge in [-0.25, -0.2) is 4.79 Å². The highest BCUT2D eigenvalue weighted by Gasteiger charge is 2.73. The molecule has 13 nitrogen and oxygen atoms in total. The number of rotatable bonds is 6. The SMILES string of the molecule is C[C@@H](O)[C@@H](C(N)=O)N1CC2(CN(C(=O)OC(C)(C)C)C3(CN([C@H](C(N)O)[C@@H](C)O)C3=O)C2)C1=O. The lowest BCUT2D eigenvalue weighted by Crippen LogP contribution is -2.77. The van der Waals surface area contributed by atoms with Crippen molar-refractivity contribution in [1.82, 2.24) is 14.7 Å². The van der Waals surface area contributed by atoms with Gasteiger partial charge in [0.2, 0.25) is 11.8 Å². The van der Waals surface area contributed by atoms with Crippen LogP contribution in [0.1, 0.15) is 41.0 Å². The summed E-state index contributed by atoms with van der Waals surface area (Å²) in [7, 11) is 0. The van der Waals surface area contributed by atoms with Crippen LogP contribution in [0.5, 0.6) is 0 Å². The van der Waals surface area contributed by atoms with Crippen LogP contribution in [0, 0.1) is 5.41 Å². The first-order valence-corrected chi connectivity index (χ1v) is 11.2. The van der Waals surface area contributed by atoms with Gasteiger partial charge in [-0.2, -0.15) is 0 Å². The third-order valence-electron chi connectivity index (χ3n) is 6.79. The monoisotopic (exact) mass is 485 g/mol. The van der Waals surface area contributed by atoms with E-state index in [0.29, 0.717) is 0 Å². The topological polar surface area (TPSA) is 200 Å². The maximum absolute atomic E-state index is 13.4. The maximum atomic E-state index is 13.4. The summed E-state index contributed by atoms with van der Waals surface area (Å²) < 4.78 is 5.49. The number of β-lactam (4-membered cyclic amide) rings is 2.